The van der Waals surface area contributed by atoms with E-state index in [1.807, 2.05) is 32.9 Å². The molecule has 0 unspecified atom stereocenters. The van der Waals surface area contributed by atoms with E-state index in [1.54, 1.807) is 56.5 Å². The molecule has 0 aliphatic rings. The van der Waals surface area contributed by atoms with Crippen LogP contribution in [0.1, 0.15) is 60.5 Å². The number of carbonyl (C=O) groups is 1. The van der Waals surface area contributed by atoms with Gasteiger partial charge in [0.2, 0.25) is 5.91 Å². The van der Waals surface area contributed by atoms with Gasteiger partial charge in [0.1, 0.15) is 12.3 Å². The van der Waals surface area contributed by atoms with Gasteiger partial charge in [-0.3, -0.25) is 9.10 Å². The summed E-state index contributed by atoms with van der Waals surface area (Å²) in [5.41, 5.74) is 4.97. The Hall–Kier alpha value is -3.03. The van der Waals surface area contributed by atoms with Crippen LogP contribution in [0, 0.1) is 20.8 Å². The lowest BCUT2D eigenvalue weighted by atomic mass is 9.93. The minimum Gasteiger partial charge on any atom is -0.496 e. The molecule has 0 saturated heterocycles. The third-order valence-corrected chi connectivity index (χ3v) is 8.42. The molecule has 8 heteroatoms. The molecule has 1 atom stereocenters. The van der Waals surface area contributed by atoms with E-state index in [4.69, 9.17) is 16.3 Å². The van der Waals surface area contributed by atoms with Crippen LogP contribution in [-0.2, 0) is 14.8 Å². The van der Waals surface area contributed by atoms with Crippen molar-refractivity contribution in [2.24, 2.45) is 0 Å². The zero-order valence-corrected chi connectivity index (χ0v) is 24.0. The molecule has 0 aromatic heterocycles. The summed E-state index contributed by atoms with van der Waals surface area (Å²) in [7, 11) is -2.38. The second-order valence-electron chi connectivity index (χ2n) is 9.65. The Balaban J connectivity index is 1.95. The van der Waals surface area contributed by atoms with E-state index in [-0.39, 0.29) is 23.4 Å². The summed E-state index contributed by atoms with van der Waals surface area (Å²) in [6.07, 6.45) is 0. The van der Waals surface area contributed by atoms with Gasteiger partial charge in [0.15, 0.2) is 0 Å². The number of ether oxygens (including phenoxy) is 1. The van der Waals surface area contributed by atoms with Gasteiger partial charge in [-0.05, 0) is 98.3 Å². The second-order valence-corrected chi connectivity index (χ2v) is 11.9. The Morgan fingerprint density at radius 3 is 2.16 bits per heavy atom. The van der Waals surface area contributed by atoms with Crippen molar-refractivity contribution in [2.75, 3.05) is 18.0 Å². The summed E-state index contributed by atoms with van der Waals surface area (Å²) in [5, 5.41) is 3.48. The standard InChI is InChI=1S/C29H35ClN2O4S/c1-18(2)25-16-26(20(4)15-28(25)36-7)22(6)31-29(33)17-32(27-13-10-23(30)14-21(27)5)37(34,35)24-11-8-19(3)9-12-24/h8-16,18,22H,17H2,1-7H3,(H,31,33)/t22-/m0/s1. The maximum Gasteiger partial charge on any atom is 0.264 e. The average molecular weight is 543 g/mol. The van der Waals surface area contributed by atoms with Crippen LogP contribution in [0.2, 0.25) is 5.02 Å². The number of methoxy groups -OCH3 is 1. The number of carbonyl (C=O) groups excluding carboxylic acids is 1. The van der Waals surface area contributed by atoms with Gasteiger partial charge in [-0.2, -0.15) is 0 Å². The molecule has 1 amide bonds. The molecule has 1 N–H and O–H groups in total. The number of anilines is 1. The zero-order chi connectivity index (χ0) is 27.5. The maximum atomic E-state index is 13.7. The van der Waals surface area contributed by atoms with Gasteiger partial charge in [0, 0.05) is 5.02 Å². The fourth-order valence-corrected chi connectivity index (χ4v) is 6.05. The molecule has 0 fully saturated rings. The number of sulfonamides is 1. The molecule has 0 radical (unpaired) electrons. The largest absolute Gasteiger partial charge is 0.496 e. The first-order valence-electron chi connectivity index (χ1n) is 12.2. The Kier molecular flexibility index (Phi) is 8.92. The Morgan fingerprint density at radius 2 is 1.59 bits per heavy atom. The minimum absolute atomic E-state index is 0.112. The van der Waals surface area contributed by atoms with Crippen molar-refractivity contribution in [3.05, 3.63) is 87.4 Å². The van der Waals surface area contributed by atoms with Crippen LogP contribution in [0.25, 0.3) is 0 Å². The molecule has 198 valence electrons. The van der Waals surface area contributed by atoms with Gasteiger partial charge < -0.3 is 10.1 Å². The molecular formula is C29H35ClN2O4S. The van der Waals surface area contributed by atoms with Gasteiger partial charge in [-0.1, -0.05) is 43.1 Å². The van der Waals surface area contributed by atoms with Crippen molar-refractivity contribution < 1.29 is 17.9 Å². The number of hydrogen-bond acceptors (Lipinski definition) is 4. The van der Waals surface area contributed by atoms with E-state index in [2.05, 4.69) is 19.2 Å². The van der Waals surface area contributed by atoms with Crippen molar-refractivity contribution >= 4 is 33.2 Å². The number of hydrogen-bond donors (Lipinski definition) is 1. The van der Waals surface area contributed by atoms with E-state index in [1.165, 1.54) is 0 Å². The number of aryl methyl sites for hydroxylation is 3. The lowest BCUT2D eigenvalue weighted by molar-refractivity contribution is -0.120. The highest BCUT2D eigenvalue weighted by molar-refractivity contribution is 7.92. The van der Waals surface area contributed by atoms with Gasteiger partial charge in [-0.15, -0.1) is 0 Å². The van der Waals surface area contributed by atoms with Gasteiger partial charge in [0.25, 0.3) is 10.0 Å². The zero-order valence-electron chi connectivity index (χ0n) is 22.4. The van der Waals surface area contributed by atoms with Gasteiger partial charge in [0.05, 0.1) is 23.7 Å². The fourth-order valence-electron chi connectivity index (χ4n) is 4.34. The van der Waals surface area contributed by atoms with Crippen LogP contribution in [-0.4, -0.2) is 28.0 Å². The molecule has 0 aliphatic heterocycles. The number of nitrogens with one attached hydrogen (secondary N) is 1. The summed E-state index contributed by atoms with van der Waals surface area (Å²) in [4.78, 5) is 13.4. The number of benzene rings is 3. The van der Waals surface area contributed by atoms with Crippen LogP contribution in [0.3, 0.4) is 0 Å². The number of nitrogens with zero attached hydrogens (tertiary/aromatic N) is 1. The Bertz CT molecular complexity index is 1390. The summed E-state index contributed by atoms with van der Waals surface area (Å²) in [6.45, 7) is 11.3. The minimum atomic E-state index is -4.02. The number of amides is 1. The van der Waals surface area contributed by atoms with Crippen molar-refractivity contribution in [1.29, 1.82) is 0 Å². The van der Waals surface area contributed by atoms with Crippen LogP contribution in [0.15, 0.2) is 59.5 Å². The first-order chi connectivity index (χ1) is 17.3. The highest BCUT2D eigenvalue weighted by Crippen LogP contribution is 2.33. The smallest absolute Gasteiger partial charge is 0.264 e. The van der Waals surface area contributed by atoms with E-state index in [0.717, 1.165) is 32.3 Å². The number of rotatable bonds is 9. The first-order valence-corrected chi connectivity index (χ1v) is 14.0. The van der Waals surface area contributed by atoms with E-state index >= 15 is 0 Å². The van der Waals surface area contributed by atoms with Crippen molar-refractivity contribution in [2.45, 2.75) is 58.4 Å². The maximum absolute atomic E-state index is 13.7. The Morgan fingerprint density at radius 1 is 0.946 bits per heavy atom. The van der Waals surface area contributed by atoms with Crippen LogP contribution >= 0.6 is 11.6 Å². The van der Waals surface area contributed by atoms with Crippen molar-refractivity contribution in [3.63, 3.8) is 0 Å². The second kappa shape index (κ2) is 11.6. The third-order valence-electron chi connectivity index (χ3n) is 6.41. The van der Waals surface area contributed by atoms with E-state index in [9.17, 15) is 13.2 Å². The predicted octanol–water partition coefficient (Wildman–Crippen LogP) is 6.47. The van der Waals surface area contributed by atoms with E-state index in [0.29, 0.717) is 16.3 Å². The topological polar surface area (TPSA) is 75.7 Å². The SMILES string of the molecule is COc1cc(C)c([C@H](C)NC(=O)CN(c2ccc(Cl)cc2C)S(=O)(=O)c2ccc(C)cc2)cc1C(C)C. The molecule has 0 heterocycles. The molecule has 6 nitrogen and oxygen atoms in total. The monoisotopic (exact) mass is 542 g/mol. The fraction of sp³-hybridized carbons (Fsp3) is 0.345. The molecule has 0 spiro atoms. The highest BCUT2D eigenvalue weighted by atomic mass is 35.5. The molecule has 0 saturated carbocycles. The molecule has 3 aromatic rings. The molecule has 0 bridgehead atoms. The third kappa shape index (κ3) is 6.46. The van der Waals surface area contributed by atoms with Gasteiger partial charge in [-0.25, -0.2) is 8.42 Å². The van der Waals surface area contributed by atoms with Crippen LogP contribution < -0.4 is 14.4 Å². The summed E-state index contributed by atoms with van der Waals surface area (Å²) in [6, 6.07) is 15.2. The van der Waals surface area contributed by atoms with E-state index < -0.39 is 15.9 Å². The van der Waals surface area contributed by atoms with Crippen LogP contribution in [0.5, 0.6) is 5.75 Å². The Labute approximate surface area is 225 Å². The highest BCUT2D eigenvalue weighted by Gasteiger charge is 2.29. The summed E-state index contributed by atoms with van der Waals surface area (Å²) < 4.78 is 34.1. The molecule has 37 heavy (non-hydrogen) atoms. The molecule has 3 aromatic carbocycles. The average Bonchev–Trinajstić information content (AvgIpc) is 2.82. The first kappa shape index (κ1) is 28.5. The normalized spacial score (nSPS) is 12.4. The lowest BCUT2D eigenvalue weighted by Gasteiger charge is -2.27. The van der Waals surface area contributed by atoms with Crippen molar-refractivity contribution in [3.8, 4) is 5.75 Å². The summed E-state index contributed by atoms with van der Waals surface area (Å²) in [5.74, 6) is 0.627. The molecular weight excluding hydrogens is 508 g/mol. The van der Waals surface area contributed by atoms with Gasteiger partial charge >= 0.3 is 0 Å². The van der Waals surface area contributed by atoms with Crippen LogP contribution in [0.4, 0.5) is 5.69 Å². The lowest BCUT2D eigenvalue weighted by Crippen LogP contribution is -2.42. The number of halogens is 1. The quantitative estimate of drug-likeness (QED) is 0.336. The molecule has 3 rings (SSSR count). The summed E-state index contributed by atoms with van der Waals surface area (Å²) >= 11 is 6.13. The molecule has 0 aliphatic carbocycles. The van der Waals surface area contributed by atoms with Crippen molar-refractivity contribution in [1.82, 2.24) is 5.32 Å². The predicted molar refractivity (Wildman–Crippen MR) is 150 cm³/mol.